The van der Waals surface area contributed by atoms with Gasteiger partial charge >= 0.3 is 0 Å². The van der Waals surface area contributed by atoms with Gasteiger partial charge in [-0.2, -0.15) is 4.72 Å². The lowest BCUT2D eigenvalue weighted by molar-refractivity contribution is -0.124. The molecule has 0 aromatic heterocycles. The minimum Gasteiger partial charge on any atom is -0.358 e. The third-order valence-electron chi connectivity index (χ3n) is 2.77. The molecule has 1 amide bonds. The molecule has 112 valence electrons. The van der Waals surface area contributed by atoms with Crippen LogP contribution in [0.3, 0.4) is 0 Å². The number of likely N-dealkylation sites (N-methyl/N-ethyl adjacent to an activating group) is 1. The van der Waals surface area contributed by atoms with Crippen LogP contribution >= 0.6 is 15.9 Å². The molecule has 0 bridgehead atoms. The maximum atomic E-state index is 12.3. The Balaban J connectivity index is 3.09. The zero-order valence-electron chi connectivity index (χ0n) is 11.9. The summed E-state index contributed by atoms with van der Waals surface area (Å²) in [5, 5.41) is 2.48. The van der Waals surface area contributed by atoms with Crippen LogP contribution in [0, 0.1) is 5.41 Å². The monoisotopic (exact) mass is 362 g/mol. The van der Waals surface area contributed by atoms with Crippen molar-refractivity contribution in [3.63, 3.8) is 0 Å². The number of carbonyl (C=O) groups is 1. The van der Waals surface area contributed by atoms with E-state index in [2.05, 4.69) is 26.0 Å². The number of hydrogen-bond acceptors (Lipinski definition) is 3. The zero-order chi connectivity index (χ0) is 15.6. The van der Waals surface area contributed by atoms with Crippen molar-refractivity contribution in [2.24, 2.45) is 5.41 Å². The Morgan fingerprint density at radius 1 is 1.20 bits per heavy atom. The second kappa shape index (κ2) is 6.24. The van der Waals surface area contributed by atoms with Gasteiger partial charge in [-0.1, -0.05) is 36.7 Å². The van der Waals surface area contributed by atoms with E-state index in [1.54, 1.807) is 32.9 Å². The number of nitrogens with one attached hydrogen (secondary N) is 2. The largest absolute Gasteiger partial charge is 0.358 e. The normalized spacial score (nSPS) is 13.8. The molecular weight excluding hydrogens is 344 g/mol. The molecule has 0 aliphatic carbocycles. The topological polar surface area (TPSA) is 75.3 Å². The molecule has 0 saturated heterocycles. The van der Waals surface area contributed by atoms with Crippen LogP contribution in [-0.2, 0) is 14.8 Å². The molecule has 0 radical (unpaired) electrons. The summed E-state index contributed by atoms with van der Waals surface area (Å²) in [4.78, 5) is 12.0. The summed E-state index contributed by atoms with van der Waals surface area (Å²) in [6.45, 7) is 5.41. The van der Waals surface area contributed by atoms with Gasteiger partial charge in [-0.25, -0.2) is 8.42 Å². The van der Waals surface area contributed by atoms with E-state index in [1.165, 1.54) is 19.2 Å². The molecule has 0 saturated carbocycles. The minimum atomic E-state index is -3.75. The van der Waals surface area contributed by atoms with Gasteiger partial charge < -0.3 is 5.32 Å². The Morgan fingerprint density at radius 2 is 1.70 bits per heavy atom. The molecule has 5 nitrogen and oxygen atoms in total. The third-order valence-corrected chi connectivity index (χ3v) is 4.74. The van der Waals surface area contributed by atoms with E-state index in [0.29, 0.717) is 0 Å². The summed E-state index contributed by atoms with van der Waals surface area (Å²) in [5.74, 6) is -0.363. The molecule has 1 atom stereocenters. The van der Waals surface area contributed by atoms with E-state index in [-0.39, 0.29) is 10.8 Å². The standard InChI is InChI=1S/C13H19BrN2O3S/c1-13(2,3)11(12(17)15-4)16-20(18,19)10-7-5-9(14)6-8-10/h5-8,11,16H,1-4H3,(H,15,17)/t11-/m1/s1. The molecule has 0 heterocycles. The fourth-order valence-electron chi connectivity index (χ4n) is 1.60. The predicted octanol–water partition coefficient (Wildman–Crippen LogP) is 1.89. The van der Waals surface area contributed by atoms with Gasteiger partial charge in [0.1, 0.15) is 6.04 Å². The van der Waals surface area contributed by atoms with Gasteiger partial charge in [0.25, 0.3) is 0 Å². The smallest absolute Gasteiger partial charge is 0.241 e. The Hall–Kier alpha value is -0.920. The minimum absolute atomic E-state index is 0.124. The predicted molar refractivity (Wildman–Crippen MR) is 81.8 cm³/mol. The molecule has 1 aromatic carbocycles. The molecule has 0 spiro atoms. The maximum absolute atomic E-state index is 12.3. The van der Waals surface area contributed by atoms with Crippen LogP contribution in [0.5, 0.6) is 0 Å². The fraction of sp³-hybridized carbons (Fsp3) is 0.462. The number of benzene rings is 1. The maximum Gasteiger partial charge on any atom is 0.241 e. The lowest BCUT2D eigenvalue weighted by atomic mass is 9.87. The Labute approximate surface area is 128 Å². The van der Waals surface area contributed by atoms with E-state index < -0.39 is 21.5 Å². The van der Waals surface area contributed by atoms with E-state index in [9.17, 15) is 13.2 Å². The van der Waals surface area contributed by atoms with E-state index in [4.69, 9.17) is 0 Å². The zero-order valence-corrected chi connectivity index (χ0v) is 14.3. The summed E-state index contributed by atoms with van der Waals surface area (Å²) < 4.78 is 27.9. The highest BCUT2D eigenvalue weighted by atomic mass is 79.9. The summed E-state index contributed by atoms with van der Waals surface area (Å²) in [6.07, 6.45) is 0. The first-order valence-corrected chi connectivity index (χ1v) is 8.35. The highest BCUT2D eigenvalue weighted by Gasteiger charge is 2.34. The average Bonchev–Trinajstić information content (AvgIpc) is 2.34. The first-order chi connectivity index (χ1) is 9.08. The van der Waals surface area contributed by atoms with Crippen molar-refractivity contribution in [3.8, 4) is 0 Å². The van der Waals surface area contributed by atoms with Crippen molar-refractivity contribution in [2.45, 2.75) is 31.7 Å². The lowest BCUT2D eigenvalue weighted by Crippen LogP contribution is -2.52. The number of halogens is 1. The number of sulfonamides is 1. The molecule has 20 heavy (non-hydrogen) atoms. The van der Waals surface area contributed by atoms with E-state index in [0.717, 1.165) is 4.47 Å². The average molecular weight is 363 g/mol. The number of carbonyl (C=O) groups excluding carboxylic acids is 1. The third kappa shape index (κ3) is 4.29. The van der Waals surface area contributed by atoms with Crippen LogP contribution < -0.4 is 10.0 Å². The van der Waals surface area contributed by atoms with Gasteiger partial charge in [0, 0.05) is 11.5 Å². The lowest BCUT2D eigenvalue weighted by Gasteiger charge is -2.29. The van der Waals surface area contributed by atoms with Crippen molar-refractivity contribution in [3.05, 3.63) is 28.7 Å². The Bertz CT molecular complexity index is 577. The number of hydrogen-bond donors (Lipinski definition) is 2. The van der Waals surface area contributed by atoms with Crippen LogP contribution in [-0.4, -0.2) is 27.4 Å². The number of amides is 1. The molecule has 1 aromatic rings. The van der Waals surface area contributed by atoms with Gasteiger partial charge in [-0.15, -0.1) is 0 Å². The van der Waals surface area contributed by atoms with Gasteiger partial charge in [0.15, 0.2) is 0 Å². The molecule has 0 unspecified atom stereocenters. The van der Waals surface area contributed by atoms with E-state index >= 15 is 0 Å². The van der Waals surface area contributed by atoms with Crippen LogP contribution in [0.1, 0.15) is 20.8 Å². The van der Waals surface area contributed by atoms with Crippen molar-refractivity contribution >= 4 is 31.9 Å². The Morgan fingerprint density at radius 3 is 2.10 bits per heavy atom. The SMILES string of the molecule is CNC(=O)[C@@H](NS(=O)(=O)c1ccc(Br)cc1)C(C)(C)C. The van der Waals surface area contributed by atoms with Crippen molar-refractivity contribution in [1.82, 2.24) is 10.0 Å². The van der Waals surface area contributed by atoms with Gasteiger partial charge in [-0.05, 0) is 29.7 Å². The van der Waals surface area contributed by atoms with Gasteiger partial charge in [-0.3, -0.25) is 4.79 Å². The summed E-state index contributed by atoms with van der Waals surface area (Å²) in [6, 6.07) is 5.40. The number of rotatable bonds is 4. The van der Waals surface area contributed by atoms with Crippen molar-refractivity contribution < 1.29 is 13.2 Å². The molecule has 0 aliphatic heterocycles. The van der Waals surface area contributed by atoms with Gasteiger partial charge in [0.05, 0.1) is 4.90 Å². The molecular formula is C13H19BrN2O3S. The molecule has 2 N–H and O–H groups in total. The second-order valence-electron chi connectivity index (χ2n) is 5.49. The van der Waals surface area contributed by atoms with Crippen LogP contribution in [0.25, 0.3) is 0 Å². The summed E-state index contributed by atoms with van der Waals surface area (Å²) in [5.41, 5.74) is -0.539. The molecule has 0 aliphatic rings. The van der Waals surface area contributed by atoms with Crippen LogP contribution in [0.4, 0.5) is 0 Å². The second-order valence-corrected chi connectivity index (χ2v) is 8.12. The van der Waals surface area contributed by atoms with Gasteiger partial charge in [0.2, 0.25) is 15.9 Å². The molecule has 1 rings (SSSR count). The van der Waals surface area contributed by atoms with Crippen molar-refractivity contribution in [1.29, 1.82) is 0 Å². The fourth-order valence-corrected chi connectivity index (χ4v) is 3.27. The first-order valence-electron chi connectivity index (χ1n) is 6.07. The highest BCUT2D eigenvalue weighted by Crippen LogP contribution is 2.22. The van der Waals surface area contributed by atoms with Crippen LogP contribution in [0.15, 0.2) is 33.6 Å². The summed E-state index contributed by atoms with van der Waals surface area (Å²) >= 11 is 3.25. The molecule has 7 heteroatoms. The van der Waals surface area contributed by atoms with E-state index in [1.807, 2.05) is 0 Å². The van der Waals surface area contributed by atoms with Crippen molar-refractivity contribution in [2.75, 3.05) is 7.05 Å². The first kappa shape index (κ1) is 17.1. The highest BCUT2D eigenvalue weighted by molar-refractivity contribution is 9.10. The summed E-state index contributed by atoms with van der Waals surface area (Å²) in [7, 11) is -2.27. The quantitative estimate of drug-likeness (QED) is 0.858. The van der Waals surface area contributed by atoms with Crippen LogP contribution in [0.2, 0.25) is 0 Å². The Kier molecular flexibility index (Phi) is 5.34. The molecule has 0 fully saturated rings.